The molecule has 0 aliphatic carbocycles. The van der Waals surface area contributed by atoms with Gasteiger partial charge < -0.3 is 15.5 Å². The molecule has 1 heterocycles. The van der Waals surface area contributed by atoms with E-state index in [2.05, 4.69) is 21.2 Å². The molecule has 1 aliphatic heterocycles. The van der Waals surface area contributed by atoms with Crippen LogP contribution in [0.3, 0.4) is 0 Å². The Kier molecular flexibility index (Phi) is 2.44. The van der Waals surface area contributed by atoms with E-state index in [4.69, 9.17) is 5.11 Å². The lowest BCUT2D eigenvalue weighted by Gasteiger charge is -2.31. The molecular formula is C10H10BrNO3. The fourth-order valence-electron chi connectivity index (χ4n) is 1.77. The number of aliphatic carboxylic acids is 1. The summed E-state index contributed by atoms with van der Waals surface area (Å²) in [6, 6.07) is 5.14. The van der Waals surface area contributed by atoms with Crippen molar-refractivity contribution in [3.63, 3.8) is 0 Å². The number of carboxylic acids is 1. The molecule has 1 atom stereocenters. The van der Waals surface area contributed by atoms with Gasteiger partial charge in [-0.05, 0) is 22.0 Å². The second-order valence-corrected chi connectivity index (χ2v) is 4.36. The smallest absolute Gasteiger partial charge is 0.340 e. The van der Waals surface area contributed by atoms with Gasteiger partial charge in [0.25, 0.3) is 0 Å². The zero-order valence-electron chi connectivity index (χ0n) is 7.83. The van der Waals surface area contributed by atoms with Crippen molar-refractivity contribution < 1.29 is 15.0 Å². The van der Waals surface area contributed by atoms with Crippen LogP contribution in [0.4, 0.5) is 5.69 Å². The van der Waals surface area contributed by atoms with Crippen LogP contribution in [0.15, 0.2) is 22.7 Å². The van der Waals surface area contributed by atoms with Gasteiger partial charge in [0.05, 0.1) is 5.69 Å². The molecule has 2 rings (SSSR count). The Bertz CT molecular complexity index is 421. The SMILES string of the molecule is O=C(O)C1(O)CCNc2c(Br)cccc21. The molecule has 0 aromatic heterocycles. The summed E-state index contributed by atoms with van der Waals surface area (Å²) in [5, 5.41) is 22.2. The first-order valence-electron chi connectivity index (χ1n) is 4.54. The average Bonchev–Trinajstić information content (AvgIpc) is 2.20. The lowest BCUT2D eigenvalue weighted by atomic mass is 9.86. The summed E-state index contributed by atoms with van der Waals surface area (Å²) in [6.07, 6.45) is 0.172. The van der Waals surface area contributed by atoms with Crippen molar-refractivity contribution in [2.24, 2.45) is 0 Å². The minimum atomic E-state index is -1.77. The molecule has 0 spiro atoms. The normalized spacial score (nSPS) is 24.1. The molecule has 1 aliphatic rings. The van der Waals surface area contributed by atoms with Crippen molar-refractivity contribution in [2.45, 2.75) is 12.0 Å². The first-order valence-corrected chi connectivity index (χ1v) is 5.33. The summed E-state index contributed by atoms with van der Waals surface area (Å²) >= 11 is 3.32. The number of benzene rings is 1. The lowest BCUT2D eigenvalue weighted by Crippen LogP contribution is -2.41. The number of carboxylic acid groups (broad SMARTS) is 1. The molecule has 15 heavy (non-hydrogen) atoms. The van der Waals surface area contributed by atoms with Crippen LogP contribution < -0.4 is 5.32 Å². The third-order valence-electron chi connectivity index (χ3n) is 2.60. The number of hydrogen-bond acceptors (Lipinski definition) is 3. The first-order chi connectivity index (χ1) is 7.05. The van der Waals surface area contributed by atoms with Gasteiger partial charge in [0.2, 0.25) is 0 Å². The molecule has 1 aromatic rings. The van der Waals surface area contributed by atoms with Gasteiger partial charge in [-0.15, -0.1) is 0 Å². The number of rotatable bonds is 1. The molecule has 80 valence electrons. The molecule has 4 nitrogen and oxygen atoms in total. The minimum absolute atomic E-state index is 0.172. The van der Waals surface area contributed by atoms with E-state index in [0.717, 1.165) is 4.47 Å². The van der Waals surface area contributed by atoms with E-state index in [-0.39, 0.29) is 6.42 Å². The summed E-state index contributed by atoms with van der Waals surface area (Å²) < 4.78 is 0.763. The topological polar surface area (TPSA) is 69.6 Å². The summed E-state index contributed by atoms with van der Waals surface area (Å²) in [7, 11) is 0. The van der Waals surface area contributed by atoms with Crippen molar-refractivity contribution >= 4 is 27.6 Å². The van der Waals surface area contributed by atoms with E-state index in [1.54, 1.807) is 18.2 Å². The first kappa shape index (κ1) is 10.4. The Labute approximate surface area is 95.1 Å². The maximum atomic E-state index is 11.1. The van der Waals surface area contributed by atoms with Crippen molar-refractivity contribution in [1.29, 1.82) is 0 Å². The van der Waals surface area contributed by atoms with Gasteiger partial charge in [-0.3, -0.25) is 0 Å². The van der Waals surface area contributed by atoms with Gasteiger partial charge >= 0.3 is 5.97 Å². The highest BCUT2D eigenvalue weighted by atomic mass is 79.9. The molecule has 0 amide bonds. The van der Waals surface area contributed by atoms with Gasteiger partial charge in [0, 0.05) is 23.0 Å². The van der Waals surface area contributed by atoms with Crippen molar-refractivity contribution in [3.05, 3.63) is 28.2 Å². The highest BCUT2D eigenvalue weighted by Crippen LogP contribution is 2.39. The van der Waals surface area contributed by atoms with Gasteiger partial charge in [0.15, 0.2) is 5.60 Å². The average molecular weight is 272 g/mol. The zero-order chi connectivity index (χ0) is 11.1. The summed E-state index contributed by atoms with van der Waals surface area (Å²) in [5.41, 5.74) is -0.700. The number of para-hydroxylation sites is 1. The highest BCUT2D eigenvalue weighted by molar-refractivity contribution is 9.10. The van der Waals surface area contributed by atoms with Crippen LogP contribution in [0.5, 0.6) is 0 Å². The zero-order valence-corrected chi connectivity index (χ0v) is 9.41. The molecule has 1 aromatic carbocycles. The van der Waals surface area contributed by atoms with E-state index in [1.807, 2.05) is 0 Å². The molecule has 5 heteroatoms. The van der Waals surface area contributed by atoms with Crippen LogP contribution in [-0.4, -0.2) is 22.7 Å². The number of halogens is 1. The van der Waals surface area contributed by atoms with E-state index in [9.17, 15) is 9.90 Å². The number of hydrogen-bond donors (Lipinski definition) is 3. The number of fused-ring (bicyclic) bond motifs is 1. The Hall–Kier alpha value is -1.07. The molecule has 0 radical (unpaired) electrons. The molecule has 0 fully saturated rings. The van der Waals surface area contributed by atoms with Crippen LogP contribution in [0.2, 0.25) is 0 Å². The Morgan fingerprint density at radius 2 is 2.27 bits per heavy atom. The lowest BCUT2D eigenvalue weighted by molar-refractivity contribution is -0.160. The molecule has 3 N–H and O–H groups in total. The van der Waals surface area contributed by atoms with E-state index in [1.165, 1.54) is 0 Å². The number of anilines is 1. The second-order valence-electron chi connectivity index (χ2n) is 3.50. The fraction of sp³-hybridized carbons (Fsp3) is 0.300. The predicted molar refractivity (Wildman–Crippen MR) is 58.8 cm³/mol. The Balaban J connectivity index is 2.61. The van der Waals surface area contributed by atoms with Crippen molar-refractivity contribution in [1.82, 2.24) is 0 Å². The van der Waals surface area contributed by atoms with E-state index in [0.29, 0.717) is 17.8 Å². The fourth-order valence-corrected chi connectivity index (χ4v) is 2.28. The van der Waals surface area contributed by atoms with E-state index < -0.39 is 11.6 Å². The van der Waals surface area contributed by atoms with Crippen LogP contribution in [0.25, 0.3) is 0 Å². The van der Waals surface area contributed by atoms with Crippen LogP contribution in [0, 0.1) is 0 Å². The molecular weight excluding hydrogens is 262 g/mol. The quantitative estimate of drug-likeness (QED) is 0.725. The third kappa shape index (κ3) is 1.52. The van der Waals surface area contributed by atoms with Crippen molar-refractivity contribution in [3.8, 4) is 0 Å². The number of nitrogens with one attached hydrogen (secondary N) is 1. The highest BCUT2D eigenvalue weighted by Gasteiger charge is 2.42. The standard InChI is InChI=1S/C10H10BrNO3/c11-7-3-1-2-6-8(7)12-5-4-10(6,15)9(13)14/h1-3,12,15H,4-5H2,(H,13,14). The Morgan fingerprint density at radius 3 is 2.93 bits per heavy atom. The number of aliphatic hydroxyl groups is 1. The van der Waals surface area contributed by atoms with Crippen molar-refractivity contribution in [2.75, 3.05) is 11.9 Å². The van der Waals surface area contributed by atoms with E-state index >= 15 is 0 Å². The largest absolute Gasteiger partial charge is 0.479 e. The summed E-state index contributed by atoms with van der Waals surface area (Å²) in [6.45, 7) is 0.443. The predicted octanol–water partition coefficient (Wildman–Crippen LogP) is 1.54. The van der Waals surface area contributed by atoms with Gasteiger partial charge in [-0.2, -0.15) is 0 Å². The molecule has 0 saturated heterocycles. The van der Waals surface area contributed by atoms with Crippen LogP contribution >= 0.6 is 15.9 Å². The van der Waals surface area contributed by atoms with Gasteiger partial charge in [-0.25, -0.2) is 4.79 Å². The maximum Gasteiger partial charge on any atom is 0.340 e. The minimum Gasteiger partial charge on any atom is -0.479 e. The summed E-state index contributed by atoms with van der Waals surface area (Å²) in [4.78, 5) is 11.1. The van der Waals surface area contributed by atoms with Gasteiger partial charge in [0.1, 0.15) is 0 Å². The number of carbonyl (C=O) groups is 1. The van der Waals surface area contributed by atoms with Gasteiger partial charge in [-0.1, -0.05) is 12.1 Å². The third-order valence-corrected chi connectivity index (χ3v) is 3.26. The maximum absolute atomic E-state index is 11.1. The summed E-state index contributed by atoms with van der Waals surface area (Å²) in [5.74, 6) is -1.21. The van der Waals surface area contributed by atoms with Crippen LogP contribution in [0.1, 0.15) is 12.0 Å². The monoisotopic (exact) mass is 271 g/mol. The molecule has 1 unspecified atom stereocenters. The molecule has 0 saturated carbocycles. The Morgan fingerprint density at radius 1 is 1.53 bits per heavy atom. The molecule has 0 bridgehead atoms. The second kappa shape index (κ2) is 3.50. The van der Waals surface area contributed by atoms with Crippen LogP contribution in [-0.2, 0) is 10.4 Å².